The van der Waals surface area contributed by atoms with Crippen molar-refractivity contribution < 1.29 is 23.4 Å². The molecular formula is C20H19F3N6O2. The number of anilines is 1. The Kier molecular flexibility index (Phi) is 4.74. The third kappa shape index (κ3) is 3.22. The van der Waals surface area contributed by atoms with E-state index in [9.17, 15) is 23.4 Å². The zero-order chi connectivity index (χ0) is 22.6. The summed E-state index contributed by atoms with van der Waals surface area (Å²) >= 11 is 0. The number of aliphatic hydroxyl groups excluding tert-OH is 1. The third-order valence-corrected chi connectivity index (χ3v) is 5.29. The van der Waals surface area contributed by atoms with Crippen molar-refractivity contribution in [2.75, 3.05) is 12.3 Å². The second-order valence-electron chi connectivity index (χ2n) is 7.23. The van der Waals surface area contributed by atoms with Gasteiger partial charge in [-0.05, 0) is 30.2 Å². The number of hydrogen-bond acceptors (Lipinski definition) is 6. The molecule has 1 unspecified atom stereocenters. The molecule has 4 rings (SSSR count). The average Bonchev–Trinajstić information content (AvgIpc) is 3.33. The Bertz CT molecular complexity index is 1280. The standard InChI is InChI=1S/C20H19F3N6O2/c1-11-3-4-12(19(31,10-30)20(21,22)23)7-13(11)16-8-25-18-17(24)27-14(9-29(16)18)15-5-6-26-28(15)2/h3-9,30-31H,10H2,1-2H3,(H2,24,27). The molecule has 4 N–H and O–H groups in total. The Morgan fingerprint density at radius 2 is 1.90 bits per heavy atom. The van der Waals surface area contributed by atoms with Crippen LogP contribution in [0.1, 0.15) is 11.1 Å². The monoisotopic (exact) mass is 432 g/mol. The molecule has 3 aromatic heterocycles. The maximum absolute atomic E-state index is 13.5. The van der Waals surface area contributed by atoms with E-state index in [0.29, 0.717) is 33.9 Å². The highest BCUT2D eigenvalue weighted by Crippen LogP contribution is 2.40. The van der Waals surface area contributed by atoms with Crippen molar-refractivity contribution in [1.82, 2.24) is 24.1 Å². The first kappa shape index (κ1) is 20.8. The molecule has 8 nitrogen and oxygen atoms in total. The molecule has 0 amide bonds. The Morgan fingerprint density at radius 1 is 1.16 bits per heavy atom. The van der Waals surface area contributed by atoms with E-state index in [1.807, 2.05) is 0 Å². The lowest BCUT2D eigenvalue weighted by atomic mass is 9.90. The van der Waals surface area contributed by atoms with Crippen LogP contribution in [-0.4, -0.2) is 47.1 Å². The van der Waals surface area contributed by atoms with Crippen LogP contribution >= 0.6 is 0 Å². The molecule has 1 atom stereocenters. The summed E-state index contributed by atoms with van der Waals surface area (Å²) in [4.78, 5) is 8.61. The van der Waals surface area contributed by atoms with Crippen LogP contribution in [0.3, 0.4) is 0 Å². The number of nitrogens with two attached hydrogens (primary N) is 1. The molecule has 0 aliphatic carbocycles. The molecular weight excluding hydrogens is 413 g/mol. The van der Waals surface area contributed by atoms with Crippen molar-refractivity contribution in [2.24, 2.45) is 7.05 Å². The summed E-state index contributed by atoms with van der Waals surface area (Å²) in [5.74, 6) is 0.140. The van der Waals surface area contributed by atoms with Gasteiger partial charge in [-0.3, -0.25) is 9.08 Å². The fourth-order valence-electron chi connectivity index (χ4n) is 3.46. The average molecular weight is 432 g/mol. The number of fused-ring (bicyclic) bond motifs is 1. The van der Waals surface area contributed by atoms with E-state index in [-0.39, 0.29) is 5.82 Å². The number of aryl methyl sites for hydroxylation is 2. The first-order valence-corrected chi connectivity index (χ1v) is 9.20. The highest BCUT2D eigenvalue weighted by atomic mass is 19.4. The van der Waals surface area contributed by atoms with E-state index in [4.69, 9.17) is 5.73 Å². The number of benzene rings is 1. The zero-order valence-corrected chi connectivity index (χ0v) is 16.6. The Labute approximate surface area is 174 Å². The molecule has 0 saturated carbocycles. The number of imidazole rings is 1. The molecule has 0 aliphatic heterocycles. The molecule has 162 valence electrons. The molecule has 0 saturated heterocycles. The van der Waals surface area contributed by atoms with E-state index < -0.39 is 23.9 Å². The largest absolute Gasteiger partial charge is 0.423 e. The Morgan fingerprint density at radius 3 is 2.52 bits per heavy atom. The second kappa shape index (κ2) is 7.06. The maximum atomic E-state index is 13.5. The van der Waals surface area contributed by atoms with Gasteiger partial charge in [0.15, 0.2) is 11.5 Å². The summed E-state index contributed by atoms with van der Waals surface area (Å²) in [5.41, 5.74) is 5.21. The smallest absolute Gasteiger partial charge is 0.393 e. The summed E-state index contributed by atoms with van der Waals surface area (Å²) in [5, 5.41) is 23.6. The van der Waals surface area contributed by atoms with Crippen LogP contribution in [0.2, 0.25) is 0 Å². The Balaban J connectivity index is 1.94. The number of aliphatic hydroxyl groups is 2. The zero-order valence-electron chi connectivity index (χ0n) is 16.6. The summed E-state index contributed by atoms with van der Waals surface area (Å²) in [7, 11) is 1.74. The minimum atomic E-state index is -5.06. The van der Waals surface area contributed by atoms with Crippen LogP contribution in [0.4, 0.5) is 19.0 Å². The minimum Gasteiger partial charge on any atom is -0.393 e. The summed E-state index contributed by atoms with van der Waals surface area (Å²) in [6.07, 6.45) is -0.321. The topological polar surface area (TPSA) is 114 Å². The van der Waals surface area contributed by atoms with Crippen molar-refractivity contribution in [3.8, 4) is 22.6 Å². The lowest BCUT2D eigenvalue weighted by Gasteiger charge is -2.29. The quantitative estimate of drug-likeness (QED) is 0.456. The maximum Gasteiger partial charge on any atom is 0.423 e. The number of nitrogen functional groups attached to an aromatic ring is 1. The fourth-order valence-corrected chi connectivity index (χ4v) is 3.46. The first-order valence-electron chi connectivity index (χ1n) is 9.20. The van der Waals surface area contributed by atoms with Gasteiger partial charge in [-0.2, -0.15) is 18.3 Å². The highest BCUT2D eigenvalue weighted by Gasteiger charge is 2.54. The fraction of sp³-hybridized carbons (Fsp3) is 0.250. The van der Waals surface area contributed by atoms with E-state index in [0.717, 1.165) is 6.07 Å². The first-order chi connectivity index (χ1) is 14.6. The van der Waals surface area contributed by atoms with E-state index in [2.05, 4.69) is 15.1 Å². The molecule has 0 spiro atoms. The predicted octanol–water partition coefficient (Wildman–Crippen LogP) is 2.43. The molecule has 31 heavy (non-hydrogen) atoms. The molecule has 0 radical (unpaired) electrons. The van der Waals surface area contributed by atoms with Crippen LogP contribution in [0.5, 0.6) is 0 Å². The lowest BCUT2D eigenvalue weighted by Crippen LogP contribution is -2.45. The molecule has 3 heterocycles. The summed E-state index contributed by atoms with van der Waals surface area (Å²) < 4.78 is 43.6. The van der Waals surface area contributed by atoms with Gasteiger partial charge in [0.2, 0.25) is 5.60 Å². The number of aromatic nitrogens is 5. The number of halogens is 3. The lowest BCUT2D eigenvalue weighted by molar-refractivity contribution is -0.277. The van der Waals surface area contributed by atoms with Crippen LogP contribution in [0, 0.1) is 6.92 Å². The number of alkyl halides is 3. The minimum absolute atomic E-state index is 0.140. The van der Waals surface area contributed by atoms with Crippen molar-refractivity contribution >= 4 is 11.5 Å². The van der Waals surface area contributed by atoms with Crippen molar-refractivity contribution in [2.45, 2.75) is 18.7 Å². The van der Waals surface area contributed by atoms with Crippen molar-refractivity contribution in [3.05, 3.63) is 54.0 Å². The molecule has 1 aromatic carbocycles. The molecule has 0 bridgehead atoms. The molecule has 0 aliphatic rings. The normalized spacial score (nSPS) is 14.2. The van der Waals surface area contributed by atoms with Gasteiger partial charge in [-0.15, -0.1) is 0 Å². The SMILES string of the molecule is Cc1ccc(C(O)(CO)C(F)(F)F)cc1-c1cnc2c(N)nc(-c3ccnn3C)cn12. The van der Waals surface area contributed by atoms with Gasteiger partial charge in [-0.25, -0.2) is 9.97 Å². The number of hydrogen-bond donors (Lipinski definition) is 3. The van der Waals surface area contributed by atoms with Gasteiger partial charge >= 0.3 is 6.18 Å². The second-order valence-corrected chi connectivity index (χ2v) is 7.23. The number of rotatable bonds is 4. The van der Waals surface area contributed by atoms with Crippen LogP contribution in [0.25, 0.3) is 28.3 Å². The van der Waals surface area contributed by atoms with Crippen LogP contribution < -0.4 is 5.73 Å². The van der Waals surface area contributed by atoms with Gasteiger partial charge < -0.3 is 15.9 Å². The van der Waals surface area contributed by atoms with Gasteiger partial charge in [0.05, 0.1) is 24.2 Å². The highest BCUT2D eigenvalue weighted by molar-refractivity contribution is 5.74. The van der Waals surface area contributed by atoms with Crippen LogP contribution in [0.15, 0.2) is 42.9 Å². The molecule has 11 heteroatoms. The predicted molar refractivity (Wildman–Crippen MR) is 107 cm³/mol. The van der Waals surface area contributed by atoms with Gasteiger partial charge in [-0.1, -0.05) is 12.1 Å². The van der Waals surface area contributed by atoms with E-state index >= 15 is 0 Å². The third-order valence-electron chi connectivity index (χ3n) is 5.29. The van der Waals surface area contributed by atoms with E-state index in [1.54, 1.807) is 41.5 Å². The van der Waals surface area contributed by atoms with E-state index in [1.165, 1.54) is 18.3 Å². The Hall–Kier alpha value is -3.44. The van der Waals surface area contributed by atoms with Gasteiger partial charge in [0.25, 0.3) is 0 Å². The van der Waals surface area contributed by atoms with Crippen molar-refractivity contribution in [1.29, 1.82) is 0 Å². The molecule has 0 fully saturated rings. The summed E-state index contributed by atoms with van der Waals surface area (Å²) in [6, 6.07) is 5.54. The van der Waals surface area contributed by atoms with Gasteiger partial charge in [0.1, 0.15) is 5.69 Å². The van der Waals surface area contributed by atoms with Gasteiger partial charge in [0, 0.05) is 25.0 Å². The number of nitrogens with zero attached hydrogens (tertiary/aromatic N) is 5. The summed E-state index contributed by atoms with van der Waals surface area (Å²) in [6.45, 7) is 0.213. The molecule has 4 aromatic rings. The van der Waals surface area contributed by atoms with Crippen LogP contribution in [-0.2, 0) is 12.6 Å². The van der Waals surface area contributed by atoms with Crippen molar-refractivity contribution in [3.63, 3.8) is 0 Å².